The number of nitrogens with one attached hydrogen (secondary N) is 1. The molecule has 6 heteroatoms. The summed E-state index contributed by atoms with van der Waals surface area (Å²) in [4.78, 5) is 4.46. The van der Waals surface area contributed by atoms with E-state index in [2.05, 4.69) is 15.4 Å². The molecule has 3 aromatic rings. The molecule has 0 aliphatic heterocycles. The summed E-state index contributed by atoms with van der Waals surface area (Å²) in [5.41, 5.74) is 3.54. The molecule has 2 heterocycles. The number of nitrogens with zero attached hydrogens (tertiary/aromatic N) is 3. The highest BCUT2D eigenvalue weighted by Gasteiger charge is 2.08. The Morgan fingerprint density at radius 1 is 1.29 bits per heavy atom. The predicted molar refractivity (Wildman–Crippen MR) is 81.2 cm³/mol. The van der Waals surface area contributed by atoms with Gasteiger partial charge in [0.15, 0.2) is 5.65 Å². The fraction of sp³-hybridized carbons (Fsp3) is 0.200. The van der Waals surface area contributed by atoms with E-state index in [9.17, 15) is 4.39 Å². The molecule has 21 heavy (non-hydrogen) atoms. The fourth-order valence-electron chi connectivity index (χ4n) is 2.16. The number of aromatic nitrogens is 3. The number of anilines is 1. The van der Waals surface area contributed by atoms with E-state index in [1.54, 1.807) is 22.8 Å². The van der Waals surface area contributed by atoms with Crippen molar-refractivity contribution < 1.29 is 4.39 Å². The molecule has 1 aromatic carbocycles. The van der Waals surface area contributed by atoms with Crippen molar-refractivity contribution >= 4 is 23.1 Å². The van der Waals surface area contributed by atoms with Gasteiger partial charge in [0.25, 0.3) is 0 Å². The average Bonchev–Trinajstić information content (AvgIpc) is 2.81. The Labute approximate surface area is 126 Å². The van der Waals surface area contributed by atoms with Crippen molar-refractivity contribution in [3.63, 3.8) is 0 Å². The minimum absolute atomic E-state index is 0.128. The van der Waals surface area contributed by atoms with E-state index in [1.165, 1.54) is 6.07 Å². The molecule has 2 aromatic heterocycles. The SMILES string of the molecule is Cc1cc(NCc2ccc(Cl)c(F)c2)n2ncc(C)c2n1. The molecule has 0 saturated heterocycles. The Morgan fingerprint density at radius 2 is 2.10 bits per heavy atom. The third kappa shape index (κ3) is 2.69. The number of halogens is 2. The quantitative estimate of drug-likeness (QED) is 0.801. The van der Waals surface area contributed by atoms with E-state index >= 15 is 0 Å². The highest BCUT2D eigenvalue weighted by Crippen LogP contribution is 2.18. The van der Waals surface area contributed by atoms with Crippen molar-refractivity contribution in [2.75, 3.05) is 5.32 Å². The summed E-state index contributed by atoms with van der Waals surface area (Å²) in [6.07, 6.45) is 1.77. The monoisotopic (exact) mass is 304 g/mol. The Balaban J connectivity index is 1.89. The van der Waals surface area contributed by atoms with Gasteiger partial charge in [-0.2, -0.15) is 9.61 Å². The highest BCUT2D eigenvalue weighted by molar-refractivity contribution is 6.30. The van der Waals surface area contributed by atoms with Gasteiger partial charge in [0.1, 0.15) is 11.6 Å². The molecule has 0 radical (unpaired) electrons. The number of hydrogen-bond donors (Lipinski definition) is 1. The van der Waals surface area contributed by atoms with Gasteiger partial charge in [-0.15, -0.1) is 0 Å². The smallest absolute Gasteiger partial charge is 0.160 e. The van der Waals surface area contributed by atoms with Crippen LogP contribution in [-0.2, 0) is 6.54 Å². The maximum atomic E-state index is 13.4. The molecule has 0 aliphatic carbocycles. The lowest BCUT2D eigenvalue weighted by Crippen LogP contribution is -2.07. The minimum Gasteiger partial charge on any atom is -0.366 e. The third-order valence-electron chi connectivity index (χ3n) is 3.23. The zero-order valence-electron chi connectivity index (χ0n) is 11.7. The van der Waals surface area contributed by atoms with E-state index in [4.69, 9.17) is 11.6 Å². The average molecular weight is 305 g/mol. The first-order valence-electron chi connectivity index (χ1n) is 6.54. The Hall–Kier alpha value is -2.14. The van der Waals surface area contributed by atoms with Crippen molar-refractivity contribution in [3.8, 4) is 0 Å². The van der Waals surface area contributed by atoms with Gasteiger partial charge in [-0.3, -0.25) is 0 Å². The lowest BCUT2D eigenvalue weighted by Gasteiger charge is -2.10. The molecule has 0 unspecified atom stereocenters. The molecule has 0 amide bonds. The zero-order chi connectivity index (χ0) is 15.0. The van der Waals surface area contributed by atoms with Crippen LogP contribution in [0.2, 0.25) is 5.02 Å². The zero-order valence-corrected chi connectivity index (χ0v) is 12.4. The topological polar surface area (TPSA) is 42.2 Å². The second kappa shape index (κ2) is 5.33. The van der Waals surface area contributed by atoms with E-state index in [-0.39, 0.29) is 5.02 Å². The maximum Gasteiger partial charge on any atom is 0.160 e. The van der Waals surface area contributed by atoms with Crippen molar-refractivity contribution in [3.05, 3.63) is 58.1 Å². The van der Waals surface area contributed by atoms with Crippen LogP contribution in [0.3, 0.4) is 0 Å². The van der Waals surface area contributed by atoms with Crippen molar-refractivity contribution in [1.29, 1.82) is 0 Å². The molecule has 0 aliphatic rings. The van der Waals surface area contributed by atoms with Gasteiger partial charge in [-0.05, 0) is 31.5 Å². The lowest BCUT2D eigenvalue weighted by atomic mass is 10.2. The normalized spacial score (nSPS) is 11.0. The van der Waals surface area contributed by atoms with Crippen molar-refractivity contribution in [2.24, 2.45) is 0 Å². The van der Waals surface area contributed by atoms with Gasteiger partial charge in [-0.25, -0.2) is 9.37 Å². The van der Waals surface area contributed by atoms with Gasteiger partial charge in [-0.1, -0.05) is 17.7 Å². The summed E-state index contributed by atoms with van der Waals surface area (Å²) in [6, 6.07) is 6.68. The molecule has 0 bridgehead atoms. The molecule has 4 nitrogen and oxygen atoms in total. The van der Waals surface area contributed by atoms with Crippen LogP contribution in [0.5, 0.6) is 0 Å². The molecule has 0 saturated carbocycles. The van der Waals surface area contributed by atoms with Crippen molar-refractivity contribution in [1.82, 2.24) is 14.6 Å². The summed E-state index contributed by atoms with van der Waals surface area (Å²) in [6.45, 7) is 4.37. The number of aryl methyl sites for hydroxylation is 2. The number of hydrogen-bond acceptors (Lipinski definition) is 3. The van der Waals surface area contributed by atoms with Gasteiger partial charge < -0.3 is 5.32 Å². The Bertz CT molecular complexity index is 813. The predicted octanol–water partition coefficient (Wildman–Crippen LogP) is 3.75. The van der Waals surface area contributed by atoms with Gasteiger partial charge in [0.05, 0.1) is 11.2 Å². The second-order valence-electron chi connectivity index (χ2n) is 4.95. The first-order valence-corrected chi connectivity index (χ1v) is 6.92. The molecule has 0 spiro atoms. The molecule has 0 fully saturated rings. The maximum absolute atomic E-state index is 13.4. The number of benzene rings is 1. The van der Waals surface area contributed by atoms with Crippen LogP contribution in [0.25, 0.3) is 5.65 Å². The summed E-state index contributed by atoms with van der Waals surface area (Å²) in [5, 5.41) is 7.68. The first-order chi connectivity index (χ1) is 10.0. The highest BCUT2D eigenvalue weighted by atomic mass is 35.5. The van der Waals surface area contributed by atoms with Gasteiger partial charge >= 0.3 is 0 Å². The molecule has 1 N–H and O–H groups in total. The Morgan fingerprint density at radius 3 is 2.86 bits per heavy atom. The first kappa shape index (κ1) is 13.8. The van der Waals surface area contributed by atoms with Crippen LogP contribution < -0.4 is 5.32 Å². The van der Waals surface area contributed by atoms with E-state index in [0.717, 1.165) is 28.3 Å². The fourth-order valence-corrected chi connectivity index (χ4v) is 2.28. The second-order valence-corrected chi connectivity index (χ2v) is 5.35. The number of fused-ring (bicyclic) bond motifs is 1. The number of rotatable bonds is 3. The van der Waals surface area contributed by atoms with Gasteiger partial charge in [0, 0.05) is 23.9 Å². The molecular weight excluding hydrogens is 291 g/mol. The third-order valence-corrected chi connectivity index (χ3v) is 3.54. The summed E-state index contributed by atoms with van der Waals surface area (Å²) >= 11 is 5.68. The molecule has 3 rings (SSSR count). The van der Waals surface area contributed by atoms with Crippen LogP contribution in [0.1, 0.15) is 16.8 Å². The van der Waals surface area contributed by atoms with Gasteiger partial charge in [0.2, 0.25) is 0 Å². The van der Waals surface area contributed by atoms with E-state index in [1.807, 2.05) is 19.9 Å². The molecule has 108 valence electrons. The largest absolute Gasteiger partial charge is 0.366 e. The summed E-state index contributed by atoms with van der Waals surface area (Å²) in [5.74, 6) is 0.405. The van der Waals surface area contributed by atoms with Crippen LogP contribution in [0, 0.1) is 19.7 Å². The van der Waals surface area contributed by atoms with Crippen LogP contribution in [0.4, 0.5) is 10.2 Å². The van der Waals surface area contributed by atoms with Crippen molar-refractivity contribution in [2.45, 2.75) is 20.4 Å². The molecule has 0 atom stereocenters. The van der Waals surface area contributed by atoms with Crippen LogP contribution >= 0.6 is 11.6 Å². The van der Waals surface area contributed by atoms with E-state index < -0.39 is 5.82 Å². The Kier molecular flexibility index (Phi) is 3.51. The molecular formula is C15H14ClFN4. The van der Waals surface area contributed by atoms with E-state index in [0.29, 0.717) is 6.54 Å². The standard InChI is InChI=1S/C15H14ClFN4/c1-9-7-19-21-14(5-10(2)20-15(9)21)18-8-11-3-4-12(16)13(17)6-11/h3-7,18H,8H2,1-2H3. The summed E-state index contributed by atoms with van der Waals surface area (Å²) in [7, 11) is 0. The van der Waals surface area contributed by atoms with Crippen LogP contribution in [-0.4, -0.2) is 14.6 Å². The lowest BCUT2D eigenvalue weighted by molar-refractivity contribution is 0.626. The minimum atomic E-state index is -0.415. The summed E-state index contributed by atoms with van der Waals surface area (Å²) < 4.78 is 15.2. The van der Waals surface area contributed by atoms with Crippen LogP contribution in [0.15, 0.2) is 30.5 Å².